The van der Waals surface area contributed by atoms with Crippen molar-refractivity contribution >= 4 is 22.4 Å². The van der Waals surface area contributed by atoms with Crippen LogP contribution in [-0.4, -0.2) is 57.2 Å². The van der Waals surface area contributed by atoms with Crippen LogP contribution in [0.15, 0.2) is 53.9 Å². The highest BCUT2D eigenvalue weighted by molar-refractivity contribution is 7.85. The van der Waals surface area contributed by atoms with Crippen LogP contribution in [0.2, 0.25) is 0 Å². The van der Waals surface area contributed by atoms with Crippen molar-refractivity contribution in [1.82, 2.24) is 4.90 Å². The first-order valence-electron chi connectivity index (χ1n) is 11.3. The normalized spacial score (nSPS) is 19.7. The lowest BCUT2D eigenvalue weighted by molar-refractivity contribution is -0.451. The molecular formula is C26H30FN2O3S+. The Morgan fingerprint density at radius 1 is 1.30 bits per heavy atom. The molecule has 1 unspecified atom stereocenters. The molecule has 0 saturated carbocycles. The Morgan fingerprint density at radius 2 is 2.12 bits per heavy atom. The van der Waals surface area contributed by atoms with E-state index in [1.54, 1.807) is 23.6 Å². The van der Waals surface area contributed by atoms with E-state index in [1.165, 1.54) is 6.08 Å². The molecule has 2 aliphatic heterocycles. The summed E-state index contributed by atoms with van der Waals surface area (Å²) in [5, 5.41) is 0. The van der Waals surface area contributed by atoms with Crippen molar-refractivity contribution in [2.45, 2.75) is 37.7 Å². The van der Waals surface area contributed by atoms with E-state index in [2.05, 4.69) is 11.5 Å². The molecule has 174 valence electrons. The molecule has 1 amide bonds. The predicted molar refractivity (Wildman–Crippen MR) is 128 cm³/mol. The summed E-state index contributed by atoms with van der Waals surface area (Å²) in [6.07, 6.45) is 2.74. The molecule has 0 aliphatic carbocycles. The number of halogens is 1. The van der Waals surface area contributed by atoms with Gasteiger partial charge in [-0.2, -0.15) is 4.58 Å². The van der Waals surface area contributed by atoms with Crippen molar-refractivity contribution in [2.24, 2.45) is 0 Å². The number of fused-ring (bicyclic) bond motifs is 1. The maximum atomic E-state index is 14.4. The van der Waals surface area contributed by atoms with Gasteiger partial charge in [0.25, 0.3) is 0 Å². The smallest absolute Gasteiger partial charge is 0.411 e. The van der Waals surface area contributed by atoms with Crippen molar-refractivity contribution in [2.75, 3.05) is 31.9 Å². The molecule has 2 aromatic carbocycles. The number of benzene rings is 2. The van der Waals surface area contributed by atoms with Crippen LogP contribution in [0, 0.1) is 12.7 Å². The lowest BCUT2D eigenvalue weighted by atomic mass is 10.0. The first-order valence-corrected chi connectivity index (χ1v) is 12.6. The summed E-state index contributed by atoms with van der Waals surface area (Å²) >= 11 is 0. The third kappa shape index (κ3) is 5.31. The number of hydrogen-bond acceptors (Lipinski definition) is 4. The van der Waals surface area contributed by atoms with Gasteiger partial charge in [-0.15, -0.1) is 0 Å². The minimum Gasteiger partial charge on any atom is -0.484 e. The Bertz CT molecular complexity index is 1140. The van der Waals surface area contributed by atoms with Crippen molar-refractivity contribution in [3.63, 3.8) is 0 Å². The van der Waals surface area contributed by atoms with Crippen molar-refractivity contribution in [3.05, 3.63) is 71.6 Å². The fraction of sp³-hybridized carbons (Fsp3) is 0.385. The van der Waals surface area contributed by atoms with Gasteiger partial charge < -0.3 is 4.74 Å². The number of hydrogen-bond donors (Lipinski definition) is 0. The van der Waals surface area contributed by atoms with E-state index in [9.17, 15) is 13.4 Å². The molecule has 33 heavy (non-hydrogen) atoms. The molecule has 0 bridgehead atoms. The molecule has 0 saturated heterocycles. The van der Waals surface area contributed by atoms with E-state index in [-0.39, 0.29) is 17.8 Å². The van der Waals surface area contributed by atoms with Gasteiger partial charge in [0, 0.05) is 30.2 Å². The molecule has 0 N–H and O–H groups in total. The van der Waals surface area contributed by atoms with Crippen LogP contribution in [0.3, 0.4) is 0 Å². The largest absolute Gasteiger partial charge is 0.484 e. The minimum atomic E-state index is -0.951. The van der Waals surface area contributed by atoms with Gasteiger partial charge in [0.05, 0.1) is 23.9 Å². The number of nitrogens with zero attached hydrogens (tertiary/aromatic N) is 2. The molecule has 7 heteroatoms. The van der Waals surface area contributed by atoms with Gasteiger partial charge in [0.2, 0.25) is 0 Å². The van der Waals surface area contributed by atoms with E-state index in [1.807, 2.05) is 31.2 Å². The Labute approximate surface area is 197 Å². The highest BCUT2D eigenvalue weighted by atomic mass is 32.2. The zero-order valence-electron chi connectivity index (χ0n) is 19.2. The molecular weight excluding hydrogens is 439 g/mol. The summed E-state index contributed by atoms with van der Waals surface area (Å²) in [5.74, 6) is 1.05. The van der Waals surface area contributed by atoms with Crippen molar-refractivity contribution in [1.29, 1.82) is 0 Å². The first-order chi connectivity index (χ1) is 15.9. The van der Waals surface area contributed by atoms with Gasteiger partial charge in [-0.1, -0.05) is 18.7 Å². The molecule has 2 aromatic rings. The molecule has 4 rings (SSSR count). The Hall–Kier alpha value is -2.64. The standard InChI is InChI=1S/C26H30FN2O3S/c1-4-26(30)29-12-11-28(16-19(29)3)17-24(20-8-7-18(2)23(27)15-20)32-22-9-10-25-21(14-22)6-5-13-33(25)31/h4,7-10,14-15,24H,1,5-6,11-13,16-17H2,2-3H3/q+1/t24-,33?/m0/s1. The molecule has 0 fully saturated rings. The van der Waals surface area contributed by atoms with Crippen LogP contribution >= 0.6 is 0 Å². The third-order valence-electron chi connectivity index (χ3n) is 6.32. The van der Waals surface area contributed by atoms with E-state index in [4.69, 9.17) is 4.74 Å². The van der Waals surface area contributed by atoms with Crippen LogP contribution in [0.4, 0.5) is 4.39 Å². The van der Waals surface area contributed by atoms with Gasteiger partial charge in [-0.05, 0) is 60.7 Å². The number of aryl methyl sites for hydroxylation is 2. The number of carbonyl (C=O) groups is 1. The summed E-state index contributed by atoms with van der Waals surface area (Å²) in [5.41, 5.74) is 3.37. The van der Waals surface area contributed by atoms with Gasteiger partial charge in [-0.25, -0.2) is 9.18 Å². The highest BCUT2D eigenvalue weighted by Crippen LogP contribution is 2.30. The number of carbonyl (C=O) groups excluding carboxylic acids is 1. The first kappa shape index (κ1) is 23.5. The fourth-order valence-electron chi connectivity index (χ4n) is 4.45. The fourth-order valence-corrected chi connectivity index (χ4v) is 5.75. The molecule has 2 atom stereocenters. The minimum absolute atomic E-state index is 0.0907. The van der Waals surface area contributed by atoms with Crippen molar-refractivity contribution < 1.29 is 22.7 Å². The topological polar surface area (TPSA) is 49.6 Å². The van der Waals surface area contributed by atoms with Crippen LogP contribution in [0.1, 0.15) is 36.1 Å². The second kappa shape index (κ2) is 10.1. The summed E-state index contributed by atoms with van der Waals surface area (Å²) in [6, 6.07) is 10.9. The van der Waals surface area contributed by atoms with Crippen LogP contribution in [-0.2, 0) is 22.0 Å². The quantitative estimate of drug-likeness (QED) is 0.477. The summed E-state index contributed by atoms with van der Waals surface area (Å²) < 4.78 is 34.9. The second-order valence-electron chi connectivity index (χ2n) is 8.70. The van der Waals surface area contributed by atoms with E-state index in [0.717, 1.165) is 34.6 Å². The third-order valence-corrected chi connectivity index (χ3v) is 7.87. The molecule has 5 nitrogen and oxygen atoms in total. The summed E-state index contributed by atoms with van der Waals surface area (Å²) in [4.78, 5) is 15.2. The Morgan fingerprint density at radius 3 is 2.85 bits per heavy atom. The SMILES string of the molecule is C=CC(=O)[N+]1=C(C)CN(C[C@H](Oc2ccc3c(c2)CCCS3=O)c2ccc(C)c(F)c2)CC1. The van der Waals surface area contributed by atoms with Crippen molar-refractivity contribution in [3.8, 4) is 5.75 Å². The van der Waals surface area contributed by atoms with Gasteiger partial charge in [-0.3, -0.25) is 9.11 Å². The monoisotopic (exact) mass is 469 g/mol. The maximum absolute atomic E-state index is 14.4. The molecule has 0 radical (unpaired) electrons. The number of rotatable bonds is 6. The van der Waals surface area contributed by atoms with Gasteiger partial charge in [0.1, 0.15) is 17.7 Å². The maximum Gasteiger partial charge on any atom is 0.411 e. The Kier molecular flexibility index (Phi) is 7.20. The second-order valence-corrected chi connectivity index (χ2v) is 10.2. The van der Waals surface area contributed by atoms with Crippen LogP contribution in [0.5, 0.6) is 5.75 Å². The van der Waals surface area contributed by atoms with Crippen LogP contribution < -0.4 is 4.74 Å². The summed E-state index contributed by atoms with van der Waals surface area (Å²) in [6.45, 7) is 9.71. The van der Waals surface area contributed by atoms with Gasteiger partial charge in [0.15, 0.2) is 12.3 Å². The lowest BCUT2D eigenvalue weighted by Gasteiger charge is -2.30. The average molecular weight is 470 g/mol. The Balaban J connectivity index is 1.59. The molecule has 0 spiro atoms. The van der Waals surface area contributed by atoms with E-state index >= 15 is 0 Å². The zero-order chi connectivity index (χ0) is 23.5. The highest BCUT2D eigenvalue weighted by Gasteiger charge is 2.29. The molecule has 2 aliphatic rings. The van der Waals surface area contributed by atoms with Gasteiger partial charge >= 0.3 is 5.91 Å². The number of ether oxygens (including phenoxy) is 1. The summed E-state index contributed by atoms with van der Waals surface area (Å²) in [7, 11) is -0.951. The molecule has 2 heterocycles. The average Bonchev–Trinajstić information content (AvgIpc) is 2.80. The molecule has 0 aromatic heterocycles. The number of amides is 1. The van der Waals surface area contributed by atoms with E-state index < -0.39 is 10.8 Å². The van der Waals surface area contributed by atoms with Crippen LogP contribution in [0.25, 0.3) is 0 Å². The zero-order valence-corrected chi connectivity index (χ0v) is 20.0. The lowest BCUT2D eigenvalue weighted by Crippen LogP contribution is -2.47. The van der Waals surface area contributed by atoms with E-state index in [0.29, 0.717) is 43.2 Å². The predicted octanol–water partition coefficient (Wildman–Crippen LogP) is 3.81.